The summed E-state index contributed by atoms with van der Waals surface area (Å²) in [7, 11) is 0. The summed E-state index contributed by atoms with van der Waals surface area (Å²) in [5.41, 5.74) is 3.05. The first kappa shape index (κ1) is 14.6. The molecule has 1 aromatic heterocycles. The van der Waals surface area contributed by atoms with Crippen molar-refractivity contribution in [2.24, 2.45) is 5.41 Å². The smallest absolute Gasteiger partial charge is 0.0596 e. The molecule has 0 spiro atoms. The van der Waals surface area contributed by atoms with E-state index in [0.717, 1.165) is 25.3 Å². The summed E-state index contributed by atoms with van der Waals surface area (Å²) in [4.78, 5) is 0. The van der Waals surface area contributed by atoms with Gasteiger partial charge in [-0.05, 0) is 51.1 Å². The third-order valence-corrected chi connectivity index (χ3v) is 4.51. The van der Waals surface area contributed by atoms with Crippen molar-refractivity contribution in [3.05, 3.63) is 17.5 Å². The van der Waals surface area contributed by atoms with E-state index in [2.05, 4.69) is 41.9 Å². The van der Waals surface area contributed by atoms with Crippen LogP contribution in [0, 0.1) is 12.3 Å². The number of aromatic nitrogens is 2. The fraction of sp³-hybridized carbons (Fsp3) is 0.812. The number of aryl methyl sites for hydroxylation is 2. The van der Waals surface area contributed by atoms with Crippen LogP contribution in [0.15, 0.2) is 6.07 Å². The molecule has 1 aliphatic carbocycles. The molecule has 0 bridgehead atoms. The van der Waals surface area contributed by atoms with E-state index in [1.54, 1.807) is 0 Å². The van der Waals surface area contributed by atoms with E-state index < -0.39 is 0 Å². The monoisotopic (exact) mass is 263 g/mol. The molecule has 3 nitrogen and oxygen atoms in total. The first-order valence-electron chi connectivity index (χ1n) is 7.93. The first-order valence-corrected chi connectivity index (χ1v) is 7.93. The van der Waals surface area contributed by atoms with Gasteiger partial charge in [-0.2, -0.15) is 5.10 Å². The van der Waals surface area contributed by atoms with Gasteiger partial charge in [0, 0.05) is 18.8 Å². The Labute approximate surface area is 117 Å². The van der Waals surface area contributed by atoms with Crippen molar-refractivity contribution in [3.63, 3.8) is 0 Å². The van der Waals surface area contributed by atoms with Crippen LogP contribution < -0.4 is 5.32 Å². The maximum absolute atomic E-state index is 4.60. The van der Waals surface area contributed by atoms with Crippen LogP contribution in [-0.2, 0) is 13.0 Å². The van der Waals surface area contributed by atoms with Crippen LogP contribution in [0.2, 0.25) is 0 Å². The summed E-state index contributed by atoms with van der Waals surface area (Å²) >= 11 is 0. The molecule has 0 aliphatic heterocycles. The lowest BCUT2D eigenvalue weighted by atomic mass is 9.71. The number of nitrogens with zero attached hydrogens (tertiary/aromatic N) is 2. The summed E-state index contributed by atoms with van der Waals surface area (Å²) in [6, 6.07) is 2.28. The minimum Gasteiger partial charge on any atom is -0.316 e. The number of rotatable bonds is 6. The van der Waals surface area contributed by atoms with Gasteiger partial charge in [0.2, 0.25) is 0 Å². The van der Waals surface area contributed by atoms with Crippen molar-refractivity contribution in [3.8, 4) is 0 Å². The summed E-state index contributed by atoms with van der Waals surface area (Å²) in [6.45, 7) is 9.73. The zero-order valence-corrected chi connectivity index (χ0v) is 12.8. The van der Waals surface area contributed by atoms with Crippen molar-refractivity contribution >= 4 is 0 Å². The normalized spacial score (nSPS) is 18.7. The van der Waals surface area contributed by atoms with Gasteiger partial charge in [0.15, 0.2) is 0 Å². The van der Waals surface area contributed by atoms with Crippen LogP contribution in [0.1, 0.15) is 57.3 Å². The first-order chi connectivity index (χ1) is 9.19. The molecular weight excluding hydrogens is 234 g/mol. The van der Waals surface area contributed by atoms with Gasteiger partial charge in [-0.25, -0.2) is 0 Å². The minimum absolute atomic E-state index is 0.466. The van der Waals surface area contributed by atoms with Gasteiger partial charge in [0.05, 0.1) is 5.69 Å². The van der Waals surface area contributed by atoms with Crippen LogP contribution >= 0.6 is 0 Å². The molecule has 0 saturated heterocycles. The van der Waals surface area contributed by atoms with Gasteiger partial charge < -0.3 is 5.32 Å². The molecule has 1 N–H and O–H groups in total. The van der Waals surface area contributed by atoms with Gasteiger partial charge in [0.1, 0.15) is 0 Å². The summed E-state index contributed by atoms with van der Waals surface area (Å²) < 4.78 is 2.19. The SMILES string of the molecule is CCNCC1(Cc2cc(C)nn2CC)CCCCC1. The lowest BCUT2D eigenvalue weighted by Crippen LogP contribution is -2.38. The average Bonchev–Trinajstić information content (AvgIpc) is 2.77. The zero-order valence-electron chi connectivity index (χ0n) is 12.8. The van der Waals surface area contributed by atoms with Gasteiger partial charge in [-0.15, -0.1) is 0 Å². The van der Waals surface area contributed by atoms with Crippen LogP contribution in [0.5, 0.6) is 0 Å². The fourth-order valence-corrected chi connectivity index (χ4v) is 3.51. The molecular formula is C16H29N3. The summed E-state index contributed by atoms with van der Waals surface area (Å²) in [5.74, 6) is 0. The second kappa shape index (κ2) is 6.56. The highest BCUT2D eigenvalue weighted by atomic mass is 15.3. The molecule has 0 unspecified atom stereocenters. The minimum atomic E-state index is 0.466. The summed E-state index contributed by atoms with van der Waals surface area (Å²) in [5, 5.41) is 8.20. The van der Waals surface area contributed by atoms with Crippen molar-refractivity contribution in [1.82, 2.24) is 15.1 Å². The second-order valence-electron chi connectivity index (χ2n) is 6.11. The Balaban J connectivity index is 2.14. The number of hydrogen-bond donors (Lipinski definition) is 1. The maximum Gasteiger partial charge on any atom is 0.0596 e. The average molecular weight is 263 g/mol. The predicted octanol–water partition coefficient (Wildman–Crippen LogP) is 3.31. The van der Waals surface area contributed by atoms with Crippen molar-refractivity contribution in [2.45, 2.75) is 65.8 Å². The zero-order chi connectivity index (χ0) is 13.7. The van der Waals surface area contributed by atoms with E-state index in [1.165, 1.54) is 44.2 Å². The molecule has 3 heteroatoms. The van der Waals surface area contributed by atoms with E-state index in [9.17, 15) is 0 Å². The molecule has 0 aromatic carbocycles. The molecule has 1 saturated carbocycles. The molecule has 1 heterocycles. The highest BCUT2D eigenvalue weighted by Gasteiger charge is 2.32. The quantitative estimate of drug-likeness (QED) is 0.853. The highest BCUT2D eigenvalue weighted by Crippen LogP contribution is 2.38. The molecule has 19 heavy (non-hydrogen) atoms. The van der Waals surface area contributed by atoms with Crippen molar-refractivity contribution in [2.75, 3.05) is 13.1 Å². The van der Waals surface area contributed by atoms with Crippen LogP contribution in [0.4, 0.5) is 0 Å². The second-order valence-corrected chi connectivity index (χ2v) is 6.11. The van der Waals surface area contributed by atoms with E-state index in [-0.39, 0.29) is 0 Å². The molecule has 0 radical (unpaired) electrons. The van der Waals surface area contributed by atoms with Gasteiger partial charge >= 0.3 is 0 Å². The van der Waals surface area contributed by atoms with E-state index in [4.69, 9.17) is 0 Å². The molecule has 1 aromatic rings. The molecule has 1 aliphatic rings. The third-order valence-electron chi connectivity index (χ3n) is 4.51. The van der Waals surface area contributed by atoms with Crippen LogP contribution in [0.25, 0.3) is 0 Å². The lowest BCUT2D eigenvalue weighted by Gasteiger charge is -2.37. The Morgan fingerprint density at radius 1 is 1.26 bits per heavy atom. The van der Waals surface area contributed by atoms with Gasteiger partial charge in [-0.1, -0.05) is 26.2 Å². The largest absolute Gasteiger partial charge is 0.316 e. The molecule has 1 fully saturated rings. The Morgan fingerprint density at radius 2 is 2.00 bits per heavy atom. The Hall–Kier alpha value is -0.830. The lowest BCUT2D eigenvalue weighted by molar-refractivity contribution is 0.178. The van der Waals surface area contributed by atoms with Crippen LogP contribution in [-0.4, -0.2) is 22.9 Å². The van der Waals surface area contributed by atoms with Gasteiger partial charge in [-0.3, -0.25) is 4.68 Å². The Morgan fingerprint density at radius 3 is 2.63 bits per heavy atom. The third kappa shape index (κ3) is 3.59. The maximum atomic E-state index is 4.60. The van der Waals surface area contributed by atoms with Crippen molar-refractivity contribution < 1.29 is 0 Å². The topological polar surface area (TPSA) is 29.9 Å². The Kier molecular flexibility index (Phi) is 5.03. The molecule has 0 atom stereocenters. The molecule has 0 amide bonds. The number of nitrogens with one attached hydrogen (secondary N) is 1. The van der Waals surface area contributed by atoms with E-state index in [1.807, 2.05) is 0 Å². The predicted molar refractivity (Wildman–Crippen MR) is 80.4 cm³/mol. The van der Waals surface area contributed by atoms with E-state index >= 15 is 0 Å². The van der Waals surface area contributed by atoms with Gasteiger partial charge in [0.25, 0.3) is 0 Å². The van der Waals surface area contributed by atoms with Crippen LogP contribution in [0.3, 0.4) is 0 Å². The standard InChI is InChI=1S/C16H29N3/c1-4-17-13-16(9-7-6-8-10-16)12-15-11-14(3)18-19(15)5-2/h11,17H,4-10,12-13H2,1-3H3. The Bertz CT molecular complexity index is 389. The number of hydrogen-bond acceptors (Lipinski definition) is 2. The fourth-order valence-electron chi connectivity index (χ4n) is 3.51. The molecule has 108 valence electrons. The molecule has 2 rings (SSSR count). The highest BCUT2D eigenvalue weighted by molar-refractivity contribution is 5.12. The summed E-state index contributed by atoms with van der Waals surface area (Å²) in [6.07, 6.45) is 8.13. The van der Waals surface area contributed by atoms with Crippen molar-refractivity contribution in [1.29, 1.82) is 0 Å². The van der Waals surface area contributed by atoms with E-state index in [0.29, 0.717) is 5.41 Å².